The van der Waals surface area contributed by atoms with Crippen molar-refractivity contribution in [2.45, 2.75) is 12.5 Å². The van der Waals surface area contributed by atoms with E-state index in [2.05, 4.69) is 15.9 Å². The van der Waals surface area contributed by atoms with Crippen LogP contribution >= 0.6 is 27.5 Å². The van der Waals surface area contributed by atoms with Gasteiger partial charge in [0.05, 0.1) is 13.2 Å². The van der Waals surface area contributed by atoms with Gasteiger partial charge in [0.25, 0.3) is 0 Å². The van der Waals surface area contributed by atoms with Gasteiger partial charge in [0, 0.05) is 21.5 Å². The highest BCUT2D eigenvalue weighted by Gasteiger charge is 2.14. The van der Waals surface area contributed by atoms with Crippen LogP contribution in [0.25, 0.3) is 0 Å². The van der Waals surface area contributed by atoms with Gasteiger partial charge in [0.1, 0.15) is 5.75 Å². The Bertz CT molecular complexity index is 572. The van der Waals surface area contributed by atoms with Crippen LogP contribution in [0.1, 0.15) is 17.2 Å². The molecule has 2 rings (SSSR count). The van der Waals surface area contributed by atoms with Gasteiger partial charge in [0.2, 0.25) is 0 Å². The third-order valence-electron chi connectivity index (χ3n) is 2.87. The van der Waals surface area contributed by atoms with Crippen LogP contribution in [0.15, 0.2) is 46.9 Å². The molecular weight excluding hydrogens is 328 g/mol. The van der Waals surface area contributed by atoms with Crippen molar-refractivity contribution in [1.82, 2.24) is 0 Å². The highest BCUT2D eigenvalue weighted by molar-refractivity contribution is 9.10. The molecule has 0 saturated heterocycles. The zero-order valence-corrected chi connectivity index (χ0v) is 12.8. The van der Waals surface area contributed by atoms with E-state index in [-0.39, 0.29) is 0 Å². The molecule has 0 aliphatic carbocycles. The van der Waals surface area contributed by atoms with E-state index in [9.17, 15) is 5.11 Å². The van der Waals surface area contributed by atoms with Crippen LogP contribution in [0.2, 0.25) is 5.02 Å². The van der Waals surface area contributed by atoms with E-state index in [0.717, 1.165) is 15.6 Å². The number of methoxy groups -OCH3 is 1. The zero-order valence-electron chi connectivity index (χ0n) is 10.4. The minimum Gasteiger partial charge on any atom is -0.496 e. The summed E-state index contributed by atoms with van der Waals surface area (Å²) >= 11 is 9.34. The van der Waals surface area contributed by atoms with Crippen LogP contribution in [0.4, 0.5) is 0 Å². The standard InChI is InChI=1S/C15H14BrClO2/c1-19-15-9-12(17)5-6-13(15)14(18)8-10-3-2-4-11(16)7-10/h2-7,9,14,18H,8H2,1H3. The quantitative estimate of drug-likeness (QED) is 0.894. The van der Waals surface area contributed by atoms with E-state index in [1.165, 1.54) is 0 Å². The maximum atomic E-state index is 10.3. The van der Waals surface area contributed by atoms with Gasteiger partial charge in [-0.3, -0.25) is 0 Å². The van der Waals surface area contributed by atoms with Gasteiger partial charge in [-0.25, -0.2) is 0 Å². The van der Waals surface area contributed by atoms with Gasteiger partial charge in [0.15, 0.2) is 0 Å². The number of benzene rings is 2. The highest BCUT2D eigenvalue weighted by Crippen LogP contribution is 2.30. The summed E-state index contributed by atoms with van der Waals surface area (Å²) in [6.45, 7) is 0. The fraction of sp³-hybridized carbons (Fsp3) is 0.200. The molecule has 100 valence electrons. The summed E-state index contributed by atoms with van der Waals surface area (Å²) < 4.78 is 6.26. The van der Waals surface area contributed by atoms with Crippen molar-refractivity contribution < 1.29 is 9.84 Å². The third-order valence-corrected chi connectivity index (χ3v) is 3.60. The molecule has 0 saturated carbocycles. The van der Waals surface area contributed by atoms with Gasteiger partial charge < -0.3 is 9.84 Å². The zero-order chi connectivity index (χ0) is 13.8. The molecule has 0 fully saturated rings. The van der Waals surface area contributed by atoms with Crippen molar-refractivity contribution in [2.75, 3.05) is 7.11 Å². The lowest BCUT2D eigenvalue weighted by atomic mass is 10.0. The normalized spacial score (nSPS) is 12.2. The van der Waals surface area contributed by atoms with Gasteiger partial charge in [-0.1, -0.05) is 45.7 Å². The second-order valence-corrected chi connectivity index (χ2v) is 5.59. The molecule has 0 spiro atoms. The topological polar surface area (TPSA) is 29.5 Å². The van der Waals surface area contributed by atoms with Crippen LogP contribution in [-0.4, -0.2) is 12.2 Å². The fourth-order valence-electron chi connectivity index (χ4n) is 1.96. The Labute approximate surface area is 126 Å². The van der Waals surface area contributed by atoms with Crippen LogP contribution in [0.5, 0.6) is 5.75 Å². The summed E-state index contributed by atoms with van der Waals surface area (Å²) in [7, 11) is 1.57. The summed E-state index contributed by atoms with van der Waals surface area (Å²) in [6.07, 6.45) is -0.0984. The molecule has 19 heavy (non-hydrogen) atoms. The molecular formula is C15H14BrClO2. The van der Waals surface area contributed by atoms with Crippen LogP contribution in [-0.2, 0) is 6.42 Å². The maximum absolute atomic E-state index is 10.3. The molecule has 0 radical (unpaired) electrons. The van der Waals surface area contributed by atoms with Gasteiger partial charge in [-0.2, -0.15) is 0 Å². The van der Waals surface area contributed by atoms with E-state index < -0.39 is 6.10 Å². The third kappa shape index (κ3) is 3.72. The summed E-state index contributed by atoms with van der Waals surface area (Å²) in [6, 6.07) is 13.1. The van der Waals surface area contributed by atoms with Crippen molar-refractivity contribution >= 4 is 27.5 Å². The van der Waals surface area contributed by atoms with Crippen LogP contribution < -0.4 is 4.74 Å². The first-order chi connectivity index (χ1) is 9.10. The first-order valence-corrected chi connectivity index (χ1v) is 7.03. The number of aliphatic hydroxyl groups is 1. The molecule has 2 aromatic carbocycles. The lowest BCUT2D eigenvalue weighted by Crippen LogP contribution is -2.04. The second kappa shape index (κ2) is 6.42. The number of rotatable bonds is 4. The van der Waals surface area contributed by atoms with Crippen molar-refractivity contribution in [3.05, 3.63) is 63.1 Å². The van der Waals surface area contributed by atoms with Crippen molar-refractivity contribution in [3.63, 3.8) is 0 Å². The van der Waals surface area contributed by atoms with E-state index in [0.29, 0.717) is 17.2 Å². The fourth-order valence-corrected chi connectivity index (χ4v) is 2.57. The first kappa shape index (κ1) is 14.4. The molecule has 0 heterocycles. The molecule has 2 nitrogen and oxygen atoms in total. The maximum Gasteiger partial charge on any atom is 0.126 e. The van der Waals surface area contributed by atoms with Crippen molar-refractivity contribution in [3.8, 4) is 5.75 Å². The highest BCUT2D eigenvalue weighted by atomic mass is 79.9. The molecule has 1 N–H and O–H groups in total. The SMILES string of the molecule is COc1cc(Cl)ccc1C(O)Cc1cccc(Br)c1. The molecule has 0 aromatic heterocycles. The van der Waals surface area contributed by atoms with Gasteiger partial charge in [-0.15, -0.1) is 0 Å². The molecule has 1 atom stereocenters. The number of ether oxygens (including phenoxy) is 1. The van der Waals surface area contributed by atoms with E-state index in [1.807, 2.05) is 24.3 Å². The second-order valence-electron chi connectivity index (χ2n) is 4.24. The molecule has 0 bridgehead atoms. The number of hydrogen-bond donors (Lipinski definition) is 1. The number of aliphatic hydroxyl groups excluding tert-OH is 1. The Morgan fingerprint density at radius 1 is 1.26 bits per heavy atom. The number of hydrogen-bond acceptors (Lipinski definition) is 2. The van der Waals surface area contributed by atoms with Gasteiger partial charge in [-0.05, 0) is 29.8 Å². The van der Waals surface area contributed by atoms with E-state index >= 15 is 0 Å². The minimum absolute atomic E-state index is 0.525. The lowest BCUT2D eigenvalue weighted by molar-refractivity contribution is 0.174. The number of halogens is 2. The van der Waals surface area contributed by atoms with Crippen molar-refractivity contribution in [2.24, 2.45) is 0 Å². The predicted molar refractivity (Wildman–Crippen MR) is 80.8 cm³/mol. The van der Waals surface area contributed by atoms with E-state index in [4.69, 9.17) is 16.3 Å². The van der Waals surface area contributed by atoms with Crippen LogP contribution in [0, 0.1) is 0 Å². The smallest absolute Gasteiger partial charge is 0.126 e. The molecule has 1 unspecified atom stereocenters. The molecule has 0 amide bonds. The Hall–Kier alpha value is -1.03. The summed E-state index contributed by atoms with van der Waals surface area (Å²) in [4.78, 5) is 0. The molecule has 0 aliphatic heterocycles. The van der Waals surface area contributed by atoms with Crippen LogP contribution in [0.3, 0.4) is 0 Å². The Morgan fingerprint density at radius 2 is 2.05 bits per heavy atom. The van der Waals surface area contributed by atoms with Gasteiger partial charge >= 0.3 is 0 Å². The Kier molecular flexibility index (Phi) is 4.86. The van der Waals surface area contributed by atoms with Crippen molar-refractivity contribution in [1.29, 1.82) is 0 Å². The molecule has 4 heteroatoms. The first-order valence-electron chi connectivity index (χ1n) is 5.86. The minimum atomic E-state index is -0.624. The largest absolute Gasteiger partial charge is 0.496 e. The summed E-state index contributed by atoms with van der Waals surface area (Å²) in [5.41, 5.74) is 1.80. The lowest BCUT2D eigenvalue weighted by Gasteiger charge is -2.15. The Balaban J connectivity index is 2.22. The average Bonchev–Trinajstić information content (AvgIpc) is 2.38. The molecule has 2 aromatic rings. The predicted octanol–water partition coefficient (Wildman–Crippen LogP) is 4.39. The monoisotopic (exact) mass is 340 g/mol. The summed E-state index contributed by atoms with van der Waals surface area (Å²) in [5.74, 6) is 0.606. The Morgan fingerprint density at radius 3 is 2.74 bits per heavy atom. The molecule has 0 aliphatic rings. The summed E-state index contributed by atoms with van der Waals surface area (Å²) in [5, 5.41) is 10.9. The average molecular weight is 342 g/mol. The van der Waals surface area contributed by atoms with E-state index in [1.54, 1.807) is 25.3 Å².